The van der Waals surface area contributed by atoms with Crippen molar-refractivity contribution in [2.75, 3.05) is 10.5 Å². The molecule has 0 atom stereocenters. The van der Waals surface area contributed by atoms with Crippen molar-refractivity contribution in [3.05, 3.63) is 40.8 Å². The van der Waals surface area contributed by atoms with Crippen LogP contribution < -0.4 is 15.8 Å². The van der Waals surface area contributed by atoms with Crippen molar-refractivity contribution in [3.8, 4) is 0 Å². The molecule has 2 aromatic rings. The van der Waals surface area contributed by atoms with E-state index in [1.165, 1.54) is 29.6 Å². The molecule has 0 bridgehead atoms. The number of nitrogen functional groups attached to an aromatic ring is 1. The molecule has 0 aliphatic carbocycles. The van der Waals surface area contributed by atoms with E-state index in [2.05, 4.69) is 10.0 Å². The first-order valence-electron chi connectivity index (χ1n) is 5.73. The molecule has 3 rings (SSSR count). The number of hydrogen-bond acceptors (Lipinski definition) is 6. The predicted molar refractivity (Wildman–Crippen MR) is 77.8 cm³/mol. The van der Waals surface area contributed by atoms with E-state index in [0.717, 1.165) is 11.3 Å². The Hall–Kier alpha value is -2.39. The number of nitrogens with two attached hydrogens (primary N) is 1. The second-order valence-electron chi connectivity index (χ2n) is 4.35. The zero-order valence-electron chi connectivity index (χ0n) is 10.4. The molecule has 0 saturated carbocycles. The summed E-state index contributed by atoms with van der Waals surface area (Å²) in [5, 5.41) is 3.65. The number of carbonyl (C=O) groups excluding carboxylic acids is 2. The topological polar surface area (TPSA) is 118 Å². The molecule has 21 heavy (non-hydrogen) atoms. The van der Waals surface area contributed by atoms with Gasteiger partial charge in [0.1, 0.15) is 4.21 Å². The van der Waals surface area contributed by atoms with E-state index >= 15 is 0 Å². The Kier molecular flexibility index (Phi) is 2.96. The van der Waals surface area contributed by atoms with Crippen molar-refractivity contribution < 1.29 is 18.0 Å². The van der Waals surface area contributed by atoms with Gasteiger partial charge >= 0.3 is 0 Å². The standard InChI is InChI=1S/C12H9N3O4S2/c13-6-3-10(20-5-6)21(18,19)15-7-1-2-8-9(4-7)12(17)14-11(8)16/h1-5,15H,13H2,(H,14,16,17). The highest BCUT2D eigenvalue weighted by Crippen LogP contribution is 2.26. The summed E-state index contributed by atoms with van der Waals surface area (Å²) in [4.78, 5) is 23.0. The molecule has 9 heteroatoms. The van der Waals surface area contributed by atoms with Crippen LogP contribution in [0.25, 0.3) is 0 Å². The van der Waals surface area contributed by atoms with Gasteiger partial charge in [-0.3, -0.25) is 19.6 Å². The van der Waals surface area contributed by atoms with E-state index < -0.39 is 21.8 Å². The second kappa shape index (κ2) is 4.57. The summed E-state index contributed by atoms with van der Waals surface area (Å²) in [5.74, 6) is -1.04. The fourth-order valence-corrected chi connectivity index (χ4v) is 4.04. The Morgan fingerprint density at radius 1 is 1.10 bits per heavy atom. The first-order chi connectivity index (χ1) is 9.87. The molecule has 7 nitrogen and oxygen atoms in total. The number of imide groups is 1. The predicted octanol–water partition coefficient (Wildman–Crippen LogP) is 1.01. The van der Waals surface area contributed by atoms with Crippen LogP contribution >= 0.6 is 11.3 Å². The molecule has 4 N–H and O–H groups in total. The number of thiophene rings is 1. The lowest BCUT2D eigenvalue weighted by Gasteiger charge is -2.06. The fraction of sp³-hybridized carbons (Fsp3) is 0. The van der Waals surface area contributed by atoms with Crippen molar-refractivity contribution in [2.24, 2.45) is 0 Å². The molecule has 1 aromatic heterocycles. The highest BCUT2D eigenvalue weighted by molar-refractivity contribution is 7.94. The molecule has 2 heterocycles. The van der Waals surface area contributed by atoms with Crippen LogP contribution in [0.2, 0.25) is 0 Å². The first-order valence-corrected chi connectivity index (χ1v) is 8.10. The Bertz CT molecular complexity index is 870. The lowest BCUT2D eigenvalue weighted by molar-refractivity contribution is 0.0879. The fourth-order valence-electron chi connectivity index (χ4n) is 1.91. The Morgan fingerprint density at radius 3 is 2.48 bits per heavy atom. The Morgan fingerprint density at radius 2 is 1.81 bits per heavy atom. The van der Waals surface area contributed by atoms with Crippen molar-refractivity contribution in [1.29, 1.82) is 0 Å². The number of nitrogens with one attached hydrogen (secondary N) is 2. The van der Waals surface area contributed by atoms with Crippen molar-refractivity contribution >= 4 is 44.5 Å². The summed E-state index contributed by atoms with van der Waals surface area (Å²) >= 11 is 0.993. The molecule has 1 aliphatic heterocycles. The van der Waals surface area contributed by atoms with E-state index in [1.807, 2.05) is 0 Å². The minimum atomic E-state index is -3.77. The van der Waals surface area contributed by atoms with Gasteiger partial charge in [-0.2, -0.15) is 0 Å². The summed E-state index contributed by atoms with van der Waals surface area (Å²) in [5.41, 5.74) is 6.43. The van der Waals surface area contributed by atoms with E-state index in [9.17, 15) is 18.0 Å². The maximum atomic E-state index is 12.1. The minimum absolute atomic E-state index is 0.0704. The van der Waals surface area contributed by atoms with Gasteiger partial charge in [-0.25, -0.2) is 8.42 Å². The summed E-state index contributed by atoms with van der Waals surface area (Å²) in [7, 11) is -3.77. The molecule has 108 valence electrons. The van der Waals surface area contributed by atoms with Crippen molar-refractivity contribution in [3.63, 3.8) is 0 Å². The number of carbonyl (C=O) groups is 2. The third kappa shape index (κ3) is 2.36. The van der Waals surface area contributed by atoms with E-state index in [-0.39, 0.29) is 21.0 Å². The number of anilines is 2. The van der Waals surface area contributed by atoms with Crippen LogP contribution in [0.3, 0.4) is 0 Å². The zero-order valence-corrected chi connectivity index (χ0v) is 12.0. The van der Waals surface area contributed by atoms with Crippen LogP contribution in [-0.4, -0.2) is 20.2 Å². The molecule has 1 aromatic carbocycles. The molecule has 0 fully saturated rings. The van der Waals surface area contributed by atoms with Crippen LogP contribution in [0.5, 0.6) is 0 Å². The smallest absolute Gasteiger partial charge is 0.271 e. The lowest BCUT2D eigenvalue weighted by atomic mass is 10.1. The molecule has 2 amide bonds. The monoisotopic (exact) mass is 323 g/mol. The van der Waals surface area contributed by atoms with Gasteiger partial charge in [0, 0.05) is 16.8 Å². The second-order valence-corrected chi connectivity index (χ2v) is 7.17. The van der Waals surface area contributed by atoms with Gasteiger partial charge in [0.05, 0.1) is 11.1 Å². The highest BCUT2D eigenvalue weighted by atomic mass is 32.2. The summed E-state index contributed by atoms with van der Waals surface area (Å²) in [6, 6.07) is 5.49. The quantitative estimate of drug-likeness (QED) is 0.729. The first kappa shape index (κ1) is 13.6. The van der Waals surface area contributed by atoms with Gasteiger partial charge in [-0.15, -0.1) is 11.3 Å². The van der Waals surface area contributed by atoms with Crippen LogP contribution in [-0.2, 0) is 10.0 Å². The third-order valence-electron chi connectivity index (χ3n) is 2.85. The maximum absolute atomic E-state index is 12.1. The van der Waals surface area contributed by atoms with Gasteiger partial charge in [0.15, 0.2) is 0 Å². The number of hydrogen-bond donors (Lipinski definition) is 3. The summed E-state index contributed by atoms with van der Waals surface area (Å²) in [6.07, 6.45) is 0. The van der Waals surface area contributed by atoms with E-state index in [0.29, 0.717) is 5.69 Å². The molecule has 0 saturated heterocycles. The Labute approximate surface area is 123 Å². The number of benzene rings is 1. The third-order valence-corrected chi connectivity index (χ3v) is 5.69. The zero-order chi connectivity index (χ0) is 15.2. The average molecular weight is 323 g/mol. The van der Waals surface area contributed by atoms with Gasteiger partial charge in [0.2, 0.25) is 0 Å². The SMILES string of the molecule is Nc1csc(S(=O)(=O)Nc2ccc3c(c2)C(=O)NC3=O)c1. The van der Waals surface area contributed by atoms with Crippen molar-refractivity contribution in [2.45, 2.75) is 4.21 Å². The number of sulfonamides is 1. The minimum Gasteiger partial charge on any atom is -0.398 e. The molecular weight excluding hydrogens is 314 g/mol. The highest BCUT2D eigenvalue weighted by Gasteiger charge is 2.27. The molecule has 0 radical (unpaired) electrons. The van der Waals surface area contributed by atoms with Crippen LogP contribution in [0.1, 0.15) is 20.7 Å². The molecule has 1 aliphatic rings. The largest absolute Gasteiger partial charge is 0.398 e. The summed E-state index contributed by atoms with van der Waals surface area (Å²) in [6.45, 7) is 0. The van der Waals surface area contributed by atoms with Crippen LogP contribution in [0, 0.1) is 0 Å². The van der Waals surface area contributed by atoms with Crippen molar-refractivity contribution in [1.82, 2.24) is 5.32 Å². The van der Waals surface area contributed by atoms with Gasteiger partial charge in [-0.05, 0) is 24.3 Å². The summed E-state index contributed by atoms with van der Waals surface area (Å²) < 4.78 is 26.7. The van der Waals surface area contributed by atoms with Gasteiger partial charge < -0.3 is 5.73 Å². The van der Waals surface area contributed by atoms with E-state index in [4.69, 9.17) is 5.73 Å². The average Bonchev–Trinajstić information content (AvgIpc) is 2.95. The normalized spacial score (nSPS) is 13.9. The molecule has 0 unspecified atom stereocenters. The Balaban J connectivity index is 1.95. The number of fused-ring (bicyclic) bond motifs is 1. The van der Waals surface area contributed by atoms with Gasteiger partial charge in [0.25, 0.3) is 21.8 Å². The molecular formula is C12H9N3O4S2. The van der Waals surface area contributed by atoms with Gasteiger partial charge in [-0.1, -0.05) is 0 Å². The maximum Gasteiger partial charge on any atom is 0.271 e. The lowest BCUT2D eigenvalue weighted by Crippen LogP contribution is -2.19. The molecule has 0 spiro atoms. The van der Waals surface area contributed by atoms with Crippen LogP contribution in [0.15, 0.2) is 33.9 Å². The van der Waals surface area contributed by atoms with E-state index in [1.54, 1.807) is 0 Å². The number of rotatable bonds is 3. The number of amides is 2. The van der Waals surface area contributed by atoms with Crippen LogP contribution in [0.4, 0.5) is 11.4 Å².